The summed E-state index contributed by atoms with van der Waals surface area (Å²) in [5, 5.41) is 3.48. The third kappa shape index (κ3) is 5.83. The van der Waals surface area contributed by atoms with Crippen molar-refractivity contribution in [3.05, 3.63) is 0 Å². The van der Waals surface area contributed by atoms with Crippen molar-refractivity contribution >= 4 is 0 Å². The zero-order valence-corrected chi connectivity index (χ0v) is 11.2. The Balaban J connectivity index is 2.14. The molecule has 0 bridgehead atoms. The molecule has 0 unspecified atom stereocenters. The number of rotatable bonds is 7. The first-order valence-corrected chi connectivity index (χ1v) is 6.75. The van der Waals surface area contributed by atoms with Crippen molar-refractivity contribution in [2.24, 2.45) is 5.92 Å². The van der Waals surface area contributed by atoms with Gasteiger partial charge in [-0.1, -0.05) is 20.8 Å². The molecule has 0 radical (unpaired) electrons. The van der Waals surface area contributed by atoms with Gasteiger partial charge in [0.2, 0.25) is 0 Å². The lowest BCUT2D eigenvalue weighted by molar-refractivity contribution is 0.0532. The standard InChI is InChI=1S/C13H28N2O/c1-4-15(8-7-14-12(2)3)11-13-5-9-16-10-6-13/h12-14H,4-11H2,1-3H3. The molecule has 1 saturated heterocycles. The first-order chi connectivity index (χ1) is 7.72. The largest absolute Gasteiger partial charge is 0.381 e. The molecule has 1 aliphatic heterocycles. The van der Waals surface area contributed by atoms with Crippen molar-refractivity contribution in [3.8, 4) is 0 Å². The zero-order valence-electron chi connectivity index (χ0n) is 11.2. The third-order valence-electron chi connectivity index (χ3n) is 3.29. The molecule has 16 heavy (non-hydrogen) atoms. The Hall–Kier alpha value is -0.120. The maximum Gasteiger partial charge on any atom is 0.0469 e. The summed E-state index contributed by atoms with van der Waals surface area (Å²) in [6.45, 7) is 13.3. The van der Waals surface area contributed by atoms with Crippen molar-refractivity contribution in [1.29, 1.82) is 0 Å². The quantitative estimate of drug-likeness (QED) is 0.718. The van der Waals surface area contributed by atoms with E-state index in [0.717, 1.165) is 32.2 Å². The van der Waals surface area contributed by atoms with Crippen LogP contribution in [0.25, 0.3) is 0 Å². The van der Waals surface area contributed by atoms with Crippen LogP contribution in [0.4, 0.5) is 0 Å². The molecule has 3 heteroatoms. The van der Waals surface area contributed by atoms with Crippen molar-refractivity contribution in [2.45, 2.75) is 39.7 Å². The average Bonchev–Trinajstić information content (AvgIpc) is 2.28. The molecule has 1 heterocycles. The molecule has 1 fully saturated rings. The van der Waals surface area contributed by atoms with E-state index in [2.05, 4.69) is 31.0 Å². The van der Waals surface area contributed by atoms with Gasteiger partial charge < -0.3 is 15.0 Å². The van der Waals surface area contributed by atoms with Crippen LogP contribution in [0.1, 0.15) is 33.6 Å². The van der Waals surface area contributed by atoms with E-state index >= 15 is 0 Å². The van der Waals surface area contributed by atoms with Gasteiger partial charge in [-0.25, -0.2) is 0 Å². The van der Waals surface area contributed by atoms with Gasteiger partial charge in [0, 0.05) is 38.9 Å². The highest BCUT2D eigenvalue weighted by Crippen LogP contribution is 2.15. The lowest BCUT2D eigenvalue weighted by Crippen LogP contribution is -2.38. The molecule has 0 aromatic heterocycles. The second-order valence-corrected chi connectivity index (χ2v) is 5.06. The van der Waals surface area contributed by atoms with E-state index in [1.54, 1.807) is 0 Å². The summed E-state index contributed by atoms with van der Waals surface area (Å²) < 4.78 is 5.40. The van der Waals surface area contributed by atoms with Crippen LogP contribution in [0, 0.1) is 5.92 Å². The van der Waals surface area contributed by atoms with Gasteiger partial charge in [0.05, 0.1) is 0 Å². The van der Waals surface area contributed by atoms with Crippen molar-refractivity contribution < 1.29 is 4.74 Å². The minimum Gasteiger partial charge on any atom is -0.381 e. The summed E-state index contributed by atoms with van der Waals surface area (Å²) in [4.78, 5) is 2.56. The SMILES string of the molecule is CCN(CCNC(C)C)CC1CCOCC1. The van der Waals surface area contributed by atoms with E-state index in [1.165, 1.54) is 25.9 Å². The van der Waals surface area contributed by atoms with Gasteiger partial charge >= 0.3 is 0 Å². The monoisotopic (exact) mass is 228 g/mol. The van der Waals surface area contributed by atoms with Gasteiger partial charge in [0.25, 0.3) is 0 Å². The first kappa shape index (κ1) is 13.9. The lowest BCUT2D eigenvalue weighted by atomic mass is 10.00. The van der Waals surface area contributed by atoms with Gasteiger partial charge in [-0.05, 0) is 25.3 Å². The van der Waals surface area contributed by atoms with Crippen molar-refractivity contribution in [3.63, 3.8) is 0 Å². The Morgan fingerprint density at radius 3 is 2.56 bits per heavy atom. The summed E-state index contributed by atoms with van der Waals surface area (Å²) in [5.74, 6) is 0.854. The van der Waals surface area contributed by atoms with Crippen LogP contribution in [0.2, 0.25) is 0 Å². The van der Waals surface area contributed by atoms with Crippen molar-refractivity contribution in [1.82, 2.24) is 10.2 Å². The molecule has 96 valence electrons. The molecule has 1 N–H and O–H groups in total. The van der Waals surface area contributed by atoms with Gasteiger partial charge in [0.1, 0.15) is 0 Å². The number of hydrogen-bond acceptors (Lipinski definition) is 3. The highest BCUT2D eigenvalue weighted by Gasteiger charge is 2.16. The third-order valence-corrected chi connectivity index (χ3v) is 3.29. The number of nitrogens with zero attached hydrogens (tertiary/aromatic N) is 1. The van der Waals surface area contributed by atoms with Crippen LogP contribution in [0.5, 0.6) is 0 Å². The summed E-state index contributed by atoms with van der Waals surface area (Å²) in [7, 11) is 0. The Morgan fingerprint density at radius 2 is 2.00 bits per heavy atom. The number of likely N-dealkylation sites (N-methyl/N-ethyl adjacent to an activating group) is 1. The van der Waals surface area contributed by atoms with Crippen LogP contribution >= 0.6 is 0 Å². The normalized spacial score (nSPS) is 18.6. The van der Waals surface area contributed by atoms with E-state index in [0.29, 0.717) is 6.04 Å². The fraction of sp³-hybridized carbons (Fsp3) is 1.00. The van der Waals surface area contributed by atoms with Crippen molar-refractivity contribution in [2.75, 3.05) is 39.4 Å². The molecular weight excluding hydrogens is 200 g/mol. The fourth-order valence-corrected chi connectivity index (χ4v) is 2.18. The predicted molar refractivity (Wildman–Crippen MR) is 68.8 cm³/mol. The van der Waals surface area contributed by atoms with E-state index in [-0.39, 0.29) is 0 Å². The van der Waals surface area contributed by atoms with Crippen LogP contribution in [-0.2, 0) is 4.74 Å². The van der Waals surface area contributed by atoms with Gasteiger partial charge in [-0.15, -0.1) is 0 Å². The lowest BCUT2D eigenvalue weighted by Gasteiger charge is -2.29. The zero-order chi connectivity index (χ0) is 11.8. The second-order valence-electron chi connectivity index (χ2n) is 5.06. The molecule has 0 saturated carbocycles. The van der Waals surface area contributed by atoms with Gasteiger partial charge in [-0.2, -0.15) is 0 Å². The maximum absolute atomic E-state index is 5.40. The fourth-order valence-electron chi connectivity index (χ4n) is 2.18. The van der Waals surface area contributed by atoms with E-state index in [1.807, 2.05) is 0 Å². The molecule has 0 atom stereocenters. The summed E-state index contributed by atoms with van der Waals surface area (Å²) in [5.41, 5.74) is 0. The molecule has 1 rings (SSSR count). The van der Waals surface area contributed by atoms with Crippen LogP contribution in [0.15, 0.2) is 0 Å². The molecule has 0 spiro atoms. The van der Waals surface area contributed by atoms with Gasteiger partial charge in [0.15, 0.2) is 0 Å². The minimum atomic E-state index is 0.599. The Kier molecular flexibility index (Phi) is 7.01. The van der Waals surface area contributed by atoms with E-state index < -0.39 is 0 Å². The number of nitrogens with one attached hydrogen (secondary N) is 1. The number of hydrogen-bond donors (Lipinski definition) is 1. The molecular formula is C13H28N2O. The first-order valence-electron chi connectivity index (χ1n) is 6.75. The molecule has 1 aliphatic rings. The highest BCUT2D eigenvalue weighted by molar-refractivity contribution is 4.69. The Morgan fingerprint density at radius 1 is 1.31 bits per heavy atom. The maximum atomic E-state index is 5.40. The molecule has 3 nitrogen and oxygen atoms in total. The number of ether oxygens (including phenoxy) is 1. The van der Waals surface area contributed by atoms with Crippen LogP contribution in [0.3, 0.4) is 0 Å². The second kappa shape index (κ2) is 8.04. The van der Waals surface area contributed by atoms with Crippen LogP contribution < -0.4 is 5.32 Å². The summed E-state index contributed by atoms with van der Waals surface area (Å²) in [6, 6.07) is 0.599. The predicted octanol–water partition coefficient (Wildman–Crippen LogP) is 1.73. The van der Waals surface area contributed by atoms with Gasteiger partial charge in [-0.3, -0.25) is 0 Å². The Labute approximate surface area is 101 Å². The Bertz CT molecular complexity index is 167. The minimum absolute atomic E-state index is 0.599. The summed E-state index contributed by atoms with van der Waals surface area (Å²) in [6.07, 6.45) is 2.49. The summed E-state index contributed by atoms with van der Waals surface area (Å²) >= 11 is 0. The molecule has 0 aliphatic carbocycles. The smallest absolute Gasteiger partial charge is 0.0469 e. The van der Waals surface area contributed by atoms with E-state index in [9.17, 15) is 0 Å². The highest BCUT2D eigenvalue weighted by atomic mass is 16.5. The molecule has 0 aromatic rings. The average molecular weight is 228 g/mol. The molecule has 0 amide bonds. The van der Waals surface area contributed by atoms with Crippen LogP contribution in [-0.4, -0.2) is 50.3 Å². The van der Waals surface area contributed by atoms with E-state index in [4.69, 9.17) is 4.74 Å². The topological polar surface area (TPSA) is 24.5 Å². The molecule has 0 aromatic carbocycles.